The number of hydrazone groups is 1. The maximum atomic E-state index is 5.31. The van der Waals surface area contributed by atoms with Crippen LogP contribution < -0.4 is 5.43 Å². The molecule has 0 saturated carbocycles. The van der Waals surface area contributed by atoms with E-state index in [0.717, 1.165) is 13.1 Å². The van der Waals surface area contributed by atoms with Crippen LogP contribution in [0.3, 0.4) is 0 Å². The number of thiocarbonyl (C=S) groups is 1. The Kier molecular flexibility index (Phi) is 5.01. The van der Waals surface area contributed by atoms with Gasteiger partial charge in [0.1, 0.15) is 5.69 Å². The molecule has 0 spiro atoms. The number of hydrogen-bond acceptors (Lipinski definition) is 4. The molecule has 96 valence electrons. The number of nitrogens with zero attached hydrogens (tertiary/aromatic N) is 4. The fraction of sp³-hybridized carbons (Fsp3) is 0.500. The largest absolute Gasteiger partial charge is 0.348 e. The Labute approximate surface area is 112 Å². The van der Waals surface area contributed by atoms with E-state index < -0.39 is 0 Å². The molecule has 2 rings (SSSR count). The molecule has 1 fully saturated rings. The first-order valence-corrected chi connectivity index (χ1v) is 6.63. The molecule has 0 aromatic carbocycles. The van der Waals surface area contributed by atoms with Crippen LogP contribution in [0.15, 0.2) is 23.4 Å². The van der Waals surface area contributed by atoms with E-state index in [1.807, 2.05) is 12.1 Å². The Hall–Kier alpha value is -1.56. The molecule has 1 aliphatic rings. The van der Waals surface area contributed by atoms with Gasteiger partial charge in [0.2, 0.25) is 0 Å². The highest BCUT2D eigenvalue weighted by Gasteiger charge is 2.11. The highest BCUT2D eigenvalue weighted by atomic mass is 32.1. The fourth-order valence-corrected chi connectivity index (χ4v) is 2.12. The third-order valence-corrected chi connectivity index (χ3v) is 3.19. The lowest BCUT2D eigenvalue weighted by atomic mass is 10.2. The second-order valence-electron chi connectivity index (χ2n) is 4.22. The molecule has 1 N–H and O–H groups in total. The van der Waals surface area contributed by atoms with Crippen LogP contribution >= 0.6 is 12.2 Å². The van der Waals surface area contributed by atoms with Crippen molar-refractivity contribution in [2.75, 3.05) is 13.1 Å². The van der Waals surface area contributed by atoms with Crippen LogP contribution in [-0.4, -0.2) is 39.5 Å². The fourth-order valence-electron chi connectivity index (χ4n) is 1.88. The molecule has 0 aliphatic carbocycles. The molecule has 6 heteroatoms. The van der Waals surface area contributed by atoms with E-state index in [2.05, 4.69) is 25.6 Å². The summed E-state index contributed by atoms with van der Waals surface area (Å²) in [6.07, 6.45) is 8.25. The van der Waals surface area contributed by atoms with Crippen LogP contribution in [0.5, 0.6) is 0 Å². The van der Waals surface area contributed by atoms with Gasteiger partial charge in [0.25, 0.3) is 0 Å². The van der Waals surface area contributed by atoms with Gasteiger partial charge in [-0.3, -0.25) is 5.43 Å². The number of rotatable bonds is 2. The van der Waals surface area contributed by atoms with Crippen molar-refractivity contribution < 1.29 is 0 Å². The summed E-state index contributed by atoms with van der Waals surface area (Å²) in [6.45, 7) is 2.04. The van der Waals surface area contributed by atoms with Crippen molar-refractivity contribution in [1.82, 2.24) is 20.5 Å². The standard InChI is InChI=1S/C12H17N5S/c18-12(17-8-3-1-2-4-9-17)16-14-10-11-6-5-7-13-15-11/h5-7,10H,1-4,8-9H2,(H,16,18)/b14-10-. The van der Waals surface area contributed by atoms with Gasteiger partial charge >= 0.3 is 0 Å². The summed E-state index contributed by atoms with van der Waals surface area (Å²) in [5.41, 5.74) is 3.60. The van der Waals surface area contributed by atoms with Crippen molar-refractivity contribution in [3.8, 4) is 0 Å². The van der Waals surface area contributed by atoms with Crippen molar-refractivity contribution in [3.05, 3.63) is 24.0 Å². The predicted molar refractivity (Wildman–Crippen MR) is 75.4 cm³/mol. The molecule has 5 nitrogen and oxygen atoms in total. The zero-order chi connectivity index (χ0) is 12.6. The van der Waals surface area contributed by atoms with Gasteiger partial charge in [0, 0.05) is 19.3 Å². The second-order valence-corrected chi connectivity index (χ2v) is 4.61. The maximum Gasteiger partial charge on any atom is 0.189 e. The number of likely N-dealkylation sites (tertiary alicyclic amines) is 1. The molecular weight excluding hydrogens is 246 g/mol. The van der Waals surface area contributed by atoms with Crippen LogP contribution in [0.1, 0.15) is 31.4 Å². The molecule has 18 heavy (non-hydrogen) atoms. The van der Waals surface area contributed by atoms with Gasteiger partial charge in [-0.25, -0.2) is 0 Å². The van der Waals surface area contributed by atoms with E-state index in [-0.39, 0.29) is 0 Å². The summed E-state index contributed by atoms with van der Waals surface area (Å²) in [5, 5.41) is 12.5. The highest BCUT2D eigenvalue weighted by molar-refractivity contribution is 7.80. The zero-order valence-corrected chi connectivity index (χ0v) is 11.1. The van der Waals surface area contributed by atoms with Crippen molar-refractivity contribution in [3.63, 3.8) is 0 Å². The minimum Gasteiger partial charge on any atom is -0.348 e. The number of hydrogen-bond donors (Lipinski definition) is 1. The van der Waals surface area contributed by atoms with Crippen LogP contribution in [0, 0.1) is 0 Å². The third kappa shape index (κ3) is 4.03. The Morgan fingerprint density at radius 1 is 1.33 bits per heavy atom. The molecule has 1 aromatic rings. The van der Waals surface area contributed by atoms with Gasteiger partial charge in [0.05, 0.1) is 6.21 Å². The van der Waals surface area contributed by atoms with E-state index in [9.17, 15) is 0 Å². The van der Waals surface area contributed by atoms with Gasteiger partial charge < -0.3 is 4.90 Å². The lowest BCUT2D eigenvalue weighted by molar-refractivity contribution is 0.428. The molecule has 0 atom stereocenters. The first-order valence-electron chi connectivity index (χ1n) is 6.22. The van der Waals surface area contributed by atoms with Gasteiger partial charge in [-0.1, -0.05) is 12.8 Å². The van der Waals surface area contributed by atoms with Crippen molar-refractivity contribution in [2.24, 2.45) is 5.10 Å². The molecular formula is C12H17N5S. The Morgan fingerprint density at radius 2 is 2.11 bits per heavy atom. The zero-order valence-electron chi connectivity index (χ0n) is 10.2. The molecule has 0 radical (unpaired) electrons. The molecule has 1 aliphatic heterocycles. The number of nitrogens with one attached hydrogen (secondary N) is 1. The average Bonchev–Trinajstić information content (AvgIpc) is 2.69. The first-order chi connectivity index (χ1) is 8.86. The molecule has 0 unspecified atom stereocenters. The summed E-state index contributed by atoms with van der Waals surface area (Å²) >= 11 is 5.31. The molecule has 2 heterocycles. The SMILES string of the molecule is S=C(N/N=C\c1cccnn1)N1CCCCCC1. The van der Waals surface area contributed by atoms with Gasteiger partial charge in [-0.15, -0.1) is 5.10 Å². The summed E-state index contributed by atoms with van der Waals surface area (Å²) in [4.78, 5) is 2.18. The summed E-state index contributed by atoms with van der Waals surface area (Å²) < 4.78 is 0. The lowest BCUT2D eigenvalue weighted by Crippen LogP contribution is -2.38. The molecule has 0 amide bonds. The minimum absolute atomic E-state index is 0.692. The molecule has 0 bridgehead atoms. The maximum absolute atomic E-state index is 5.31. The summed E-state index contributed by atoms with van der Waals surface area (Å²) in [5.74, 6) is 0. The molecule has 1 saturated heterocycles. The van der Waals surface area contributed by atoms with Crippen molar-refractivity contribution >= 4 is 23.5 Å². The van der Waals surface area contributed by atoms with Crippen LogP contribution in [0.25, 0.3) is 0 Å². The minimum atomic E-state index is 0.692. The van der Waals surface area contributed by atoms with Gasteiger partial charge in [0.15, 0.2) is 5.11 Å². The summed E-state index contributed by atoms with van der Waals surface area (Å²) in [6, 6.07) is 3.66. The quantitative estimate of drug-likeness (QED) is 0.498. The van der Waals surface area contributed by atoms with E-state index >= 15 is 0 Å². The van der Waals surface area contributed by atoms with Gasteiger partial charge in [-0.2, -0.15) is 10.2 Å². The first kappa shape index (κ1) is 12.9. The monoisotopic (exact) mass is 263 g/mol. The van der Waals surface area contributed by atoms with Crippen LogP contribution in [0.2, 0.25) is 0 Å². The Balaban J connectivity index is 1.82. The smallest absolute Gasteiger partial charge is 0.189 e. The highest BCUT2D eigenvalue weighted by Crippen LogP contribution is 2.09. The Morgan fingerprint density at radius 3 is 2.78 bits per heavy atom. The lowest BCUT2D eigenvalue weighted by Gasteiger charge is -2.21. The van der Waals surface area contributed by atoms with E-state index in [1.54, 1.807) is 12.4 Å². The number of aromatic nitrogens is 2. The third-order valence-electron chi connectivity index (χ3n) is 2.84. The van der Waals surface area contributed by atoms with Crippen molar-refractivity contribution in [2.45, 2.75) is 25.7 Å². The van der Waals surface area contributed by atoms with E-state index in [0.29, 0.717) is 10.8 Å². The van der Waals surface area contributed by atoms with Crippen LogP contribution in [-0.2, 0) is 0 Å². The summed E-state index contributed by atoms with van der Waals surface area (Å²) in [7, 11) is 0. The molecule has 1 aromatic heterocycles. The normalized spacial score (nSPS) is 16.6. The average molecular weight is 263 g/mol. The van der Waals surface area contributed by atoms with E-state index in [1.165, 1.54) is 25.7 Å². The Bertz CT molecular complexity index is 398. The topological polar surface area (TPSA) is 53.4 Å². The van der Waals surface area contributed by atoms with Gasteiger partial charge in [-0.05, 0) is 37.2 Å². The van der Waals surface area contributed by atoms with E-state index in [4.69, 9.17) is 12.2 Å². The van der Waals surface area contributed by atoms with Crippen LogP contribution in [0.4, 0.5) is 0 Å². The van der Waals surface area contributed by atoms with Crippen molar-refractivity contribution in [1.29, 1.82) is 0 Å². The second kappa shape index (κ2) is 7.00. The predicted octanol–water partition coefficient (Wildman–Crippen LogP) is 1.56.